The van der Waals surface area contributed by atoms with Crippen LogP contribution in [-0.2, 0) is 0 Å². The van der Waals surface area contributed by atoms with Gasteiger partial charge in [-0.1, -0.05) is 15.9 Å². The molecule has 1 fully saturated rings. The highest BCUT2D eigenvalue weighted by atomic mass is 79.9. The molecule has 3 nitrogen and oxygen atoms in total. The van der Waals surface area contributed by atoms with Gasteiger partial charge in [-0.25, -0.2) is 0 Å². The number of nitrogens with zero attached hydrogens (tertiary/aromatic N) is 2. The Morgan fingerprint density at radius 2 is 2.11 bits per heavy atom. The first-order chi connectivity index (χ1) is 9.15. The third kappa shape index (κ3) is 4.79. The van der Waals surface area contributed by atoms with Crippen molar-refractivity contribution in [2.45, 2.75) is 18.9 Å². The molecule has 1 aromatic rings. The van der Waals surface area contributed by atoms with Crippen molar-refractivity contribution in [2.75, 3.05) is 45.6 Å². The molecule has 1 heterocycles. The molecule has 1 saturated heterocycles. The summed E-state index contributed by atoms with van der Waals surface area (Å²) in [5, 5.41) is 3.48. The second kappa shape index (κ2) is 7.27. The molecule has 0 radical (unpaired) electrons. The Bertz CT molecular complexity index is 379. The van der Waals surface area contributed by atoms with E-state index in [4.69, 9.17) is 0 Å². The van der Waals surface area contributed by atoms with Gasteiger partial charge in [-0.15, -0.1) is 0 Å². The van der Waals surface area contributed by atoms with Crippen molar-refractivity contribution in [3.05, 3.63) is 28.7 Å². The molecule has 1 aromatic carbocycles. The summed E-state index contributed by atoms with van der Waals surface area (Å²) < 4.78 is 1.13. The second-order valence-corrected chi connectivity index (χ2v) is 6.39. The zero-order valence-electron chi connectivity index (χ0n) is 11.9. The summed E-state index contributed by atoms with van der Waals surface area (Å²) in [6.07, 6.45) is 2.66. The van der Waals surface area contributed by atoms with Gasteiger partial charge in [-0.2, -0.15) is 0 Å². The molecule has 1 aliphatic rings. The second-order valence-electron chi connectivity index (χ2n) is 5.47. The molecule has 2 rings (SSSR count). The van der Waals surface area contributed by atoms with Gasteiger partial charge >= 0.3 is 0 Å². The minimum absolute atomic E-state index is 0.713. The lowest BCUT2D eigenvalue weighted by Crippen LogP contribution is -2.46. The van der Waals surface area contributed by atoms with Crippen LogP contribution in [0.25, 0.3) is 0 Å². The maximum absolute atomic E-state index is 3.48. The van der Waals surface area contributed by atoms with E-state index in [1.54, 1.807) is 0 Å². The first-order valence-corrected chi connectivity index (χ1v) is 7.82. The molecule has 0 aromatic heterocycles. The number of hydrogen-bond donors (Lipinski definition) is 1. The van der Waals surface area contributed by atoms with E-state index in [9.17, 15) is 0 Å². The molecule has 1 atom stereocenters. The summed E-state index contributed by atoms with van der Waals surface area (Å²) in [6, 6.07) is 9.08. The fourth-order valence-electron chi connectivity index (χ4n) is 2.63. The summed E-state index contributed by atoms with van der Waals surface area (Å²) in [4.78, 5) is 4.92. The number of likely N-dealkylation sites (tertiary alicyclic amines) is 1. The predicted molar refractivity (Wildman–Crippen MR) is 85.8 cm³/mol. The highest BCUT2D eigenvalue weighted by molar-refractivity contribution is 9.10. The van der Waals surface area contributed by atoms with Crippen LogP contribution in [0.2, 0.25) is 0 Å². The van der Waals surface area contributed by atoms with Gasteiger partial charge in [0.05, 0.1) is 0 Å². The topological polar surface area (TPSA) is 18.5 Å². The Morgan fingerprint density at radius 3 is 2.79 bits per heavy atom. The molecular formula is C15H24BrN3. The third-order valence-electron chi connectivity index (χ3n) is 3.86. The van der Waals surface area contributed by atoms with Crippen molar-refractivity contribution in [2.24, 2.45) is 0 Å². The number of benzene rings is 1. The molecular weight excluding hydrogens is 302 g/mol. The van der Waals surface area contributed by atoms with E-state index < -0.39 is 0 Å². The van der Waals surface area contributed by atoms with Gasteiger partial charge in [0.2, 0.25) is 0 Å². The summed E-state index contributed by atoms with van der Waals surface area (Å²) in [7, 11) is 4.47. The number of halogens is 1. The van der Waals surface area contributed by atoms with Crippen molar-refractivity contribution >= 4 is 21.6 Å². The quantitative estimate of drug-likeness (QED) is 0.898. The molecule has 1 unspecified atom stereocenters. The number of piperidine rings is 1. The van der Waals surface area contributed by atoms with Gasteiger partial charge in [-0.05, 0) is 57.7 Å². The molecule has 19 heavy (non-hydrogen) atoms. The predicted octanol–water partition coefficient (Wildman–Crippen LogP) is 2.89. The van der Waals surface area contributed by atoms with Crippen molar-refractivity contribution in [1.29, 1.82) is 0 Å². The van der Waals surface area contributed by atoms with Crippen LogP contribution in [0.1, 0.15) is 12.8 Å². The fourth-order valence-corrected chi connectivity index (χ4v) is 2.89. The van der Waals surface area contributed by atoms with Crippen molar-refractivity contribution in [3.8, 4) is 0 Å². The Morgan fingerprint density at radius 1 is 1.37 bits per heavy atom. The number of likely N-dealkylation sites (N-methyl/N-ethyl adjacent to an activating group) is 2. The molecule has 4 heteroatoms. The summed E-state index contributed by atoms with van der Waals surface area (Å²) in [6.45, 7) is 4.54. The summed E-state index contributed by atoms with van der Waals surface area (Å²) in [5.74, 6) is 0. The monoisotopic (exact) mass is 325 g/mol. The Balaban J connectivity index is 1.71. The summed E-state index contributed by atoms with van der Waals surface area (Å²) in [5.41, 5.74) is 1.19. The van der Waals surface area contributed by atoms with Crippen LogP contribution in [0.5, 0.6) is 0 Å². The van der Waals surface area contributed by atoms with Crippen LogP contribution in [0.4, 0.5) is 5.69 Å². The maximum Gasteiger partial charge on any atom is 0.0341 e. The van der Waals surface area contributed by atoms with E-state index in [0.29, 0.717) is 6.04 Å². The molecule has 0 aliphatic carbocycles. The number of hydrogen-bond acceptors (Lipinski definition) is 3. The van der Waals surface area contributed by atoms with Crippen LogP contribution in [0.15, 0.2) is 28.7 Å². The standard InChI is InChI=1S/C15H24BrN3/c1-18-10-3-4-15(12-18)19(2)11-9-17-14-7-5-13(16)6-8-14/h5-8,15,17H,3-4,9-12H2,1-2H3. The van der Waals surface area contributed by atoms with Crippen LogP contribution >= 0.6 is 15.9 Å². The average Bonchev–Trinajstić information content (AvgIpc) is 2.41. The van der Waals surface area contributed by atoms with Crippen LogP contribution < -0.4 is 5.32 Å². The zero-order chi connectivity index (χ0) is 13.7. The lowest BCUT2D eigenvalue weighted by atomic mass is 10.1. The molecule has 1 N–H and O–H groups in total. The number of anilines is 1. The van der Waals surface area contributed by atoms with E-state index in [-0.39, 0.29) is 0 Å². The van der Waals surface area contributed by atoms with E-state index in [0.717, 1.165) is 17.6 Å². The highest BCUT2D eigenvalue weighted by Crippen LogP contribution is 2.15. The Hall–Kier alpha value is -0.580. The van der Waals surface area contributed by atoms with Crippen LogP contribution in [0, 0.1) is 0 Å². The van der Waals surface area contributed by atoms with Gasteiger partial charge in [0.25, 0.3) is 0 Å². The van der Waals surface area contributed by atoms with Gasteiger partial charge in [0.1, 0.15) is 0 Å². The molecule has 0 bridgehead atoms. The lowest BCUT2D eigenvalue weighted by Gasteiger charge is -2.35. The first-order valence-electron chi connectivity index (χ1n) is 7.03. The number of rotatable bonds is 5. The highest BCUT2D eigenvalue weighted by Gasteiger charge is 2.20. The van der Waals surface area contributed by atoms with Gasteiger partial charge in [0.15, 0.2) is 0 Å². The van der Waals surface area contributed by atoms with E-state index in [2.05, 4.69) is 69.4 Å². The van der Waals surface area contributed by atoms with E-state index in [1.807, 2.05) is 0 Å². The zero-order valence-corrected chi connectivity index (χ0v) is 13.5. The van der Waals surface area contributed by atoms with Crippen LogP contribution in [-0.4, -0.2) is 56.1 Å². The Labute approximate surface area is 125 Å². The minimum Gasteiger partial charge on any atom is -0.384 e. The van der Waals surface area contributed by atoms with Crippen molar-refractivity contribution in [1.82, 2.24) is 9.80 Å². The lowest BCUT2D eigenvalue weighted by molar-refractivity contribution is 0.138. The van der Waals surface area contributed by atoms with Gasteiger partial charge in [-0.3, -0.25) is 0 Å². The number of nitrogens with one attached hydrogen (secondary N) is 1. The molecule has 0 spiro atoms. The first kappa shape index (κ1) is 14.8. The minimum atomic E-state index is 0.713. The average molecular weight is 326 g/mol. The molecule has 0 saturated carbocycles. The molecule has 106 valence electrons. The van der Waals surface area contributed by atoms with Crippen LogP contribution in [0.3, 0.4) is 0 Å². The molecule has 1 aliphatic heterocycles. The maximum atomic E-state index is 3.48. The van der Waals surface area contributed by atoms with E-state index in [1.165, 1.54) is 31.6 Å². The normalized spacial score (nSPS) is 20.7. The van der Waals surface area contributed by atoms with Gasteiger partial charge < -0.3 is 15.1 Å². The smallest absolute Gasteiger partial charge is 0.0341 e. The largest absolute Gasteiger partial charge is 0.384 e. The van der Waals surface area contributed by atoms with Crippen molar-refractivity contribution in [3.63, 3.8) is 0 Å². The fraction of sp³-hybridized carbons (Fsp3) is 0.600. The SMILES string of the molecule is CN1CCCC(N(C)CCNc2ccc(Br)cc2)C1. The van der Waals surface area contributed by atoms with Crippen molar-refractivity contribution < 1.29 is 0 Å². The van der Waals surface area contributed by atoms with Gasteiger partial charge in [0, 0.05) is 35.8 Å². The Kier molecular flexibility index (Phi) is 5.67. The van der Waals surface area contributed by atoms with E-state index >= 15 is 0 Å². The summed E-state index contributed by atoms with van der Waals surface area (Å²) >= 11 is 3.45. The third-order valence-corrected chi connectivity index (χ3v) is 4.39. The molecule has 0 amide bonds.